The van der Waals surface area contributed by atoms with Crippen molar-refractivity contribution >= 4 is 17.5 Å². The number of benzene rings is 1. The Labute approximate surface area is 141 Å². The second-order valence-corrected chi connectivity index (χ2v) is 5.81. The molecule has 5 nitrogen and oxygen atoms in total. The summed E-state index contributed by atoms with van der Waals surface area (Å²) in [6, 6.07) is 9.42. The first-order valence-corrected chi connectivity index (χ1v) is 8.19. The van der Waals surface area contributed by atoms with Crippen molar-refractivity contribution in [1.29, 1.82) is 0 Å². The summed E-state index contributed by atoms with van der Waals surface area (Å²) in [5.41, 5.74) is 2.94. The van der Waals surface area contributed by atoms with E-state index in [1.165, 1.54) is 0 Å². The molecule has 124 valence electrons. The Morgan fingerprint density at radius 1 is 1.35 bits per heavy atom. The lowest BCUT2D eigenvalue weighted by atomic mass is 10.1. The van der Waals surface area contributed by atoms with Gasteiger partial charge in [0.05, 0.1) is 23.9 Å². The van der Waals surface area contributed by atoms with Crippen molar-refractivity contribution in [3.05, 3.63) is 52.8 Å². The summed E-state index contributed by atoms with van der Waals surface area (Å²) in [6.07, 6.45) is -0.124. The molecule has 0 radical (unpaired) electrons. The first kappa shape index (κ1) is 17.5. The lowest BCUT2D eigenvalue weighted by Gasteiger charge is -2.11. The lowest BCUT2D eigenvalue weighted by Crippen LogP contribution is -2.26. The zero-order valence-corrected chi connectivity index (χ0v) is 14.2. The molecule has 1 atom stereocenters. The number of carbonyl (C=O) groups is 1. The molecule has 6 heteroatoms. The van der Waals surface area contributed by atoms with Crippen molar-refractivity contribution in [2.24, 2.45) is 0 Å². The molecule has 1 unspecified atom stereocenters. The average Bonchev–Trinajstić information content (AvgIpc) is 2.82. The van der Waals surface area contributed by atoms with Crippen LogP contribution in [0.1, 0.15) is 39.8 Å². The number of aromatic nitrogens is 2. The largest absolute Gasteiger partial charge is 0.388 e. The maximum atomic E-state index is 12.3. The summed E-state index contributed by atoms with van der Waals surface area (Å²) in [7, 11) is 0. The summed E-state index contributed by atoms with van der Waals surface area (Å²) < 4.78 is 1.75. The molecule has 0 aliphatic carbocycles. The number of hydrogen-bond donors (Lipinski definition) is 2. The van der Waals surface area contributed by atoms with Crippen LogP contribution < -0.4 is 5.32 Å². The number of aryl methyl sites for hydroxylation is 2. The van der Waals surface area contributed by atoms with Crippen LogP contribution in [0.25, 0.3) is 0 Å². The normalized spacial score (nSPS) is 12.2. The lowest BCUT2D eigenvalue weighted by molar-refractivity contribution is 0.0941. The number of rotatable bonds is 7. The van der Waals surface area contributed by atoms with Crippen LogP contribution in [0.5, 0.6) is 0 Å². The van der Waals surface area contributed by atoms with Crippen molar-refractivity contribution in [2.75, 3.05) is 12.4 Å². The van der Waals surface area contributed by atoms with Crippen LogP contribution in [-0.2, 0) is 6.54 Å². The van der Waals surface area contributed by atoms with Gasteiger partial charge in [0.15, 0.2) is 0 Å². The molecule has 2 aromatic rings. The Kier molecular flexibility index (Phi) is 6.19. The van der Waals surface area contributed by atoms with Gasteiger partial charge in [-0.15, -0.1) is 11.6 Å². The third-order valence-electron chi connectivity index (χ3n) is 3.79. The number of aliphatic hydroxyl groups excluding tert-OH is 1. The van der Waals surface area contributed by atoms with Gasteiger partial charge in [-0.1, -0.05) is 30.3 Å². The van der Waals surface area contributed by atoms with E-state index in [9.17, 15) is 9.90 Å². The molecule has 23 heavy (non-hydrogen) atoms. The van der Waals surface area contributed by atoms with E-state index in [-0.39, 0.29) is 5.91 Å². The Hall–Kier alpha value is -1.85. The maximum Gasteiger partial charge on any atom is 0.255 e. The number of nitrogens with zero attached hydrogens (tertiary/aromatic N) is 2. The highest BCUT2D eigenvalue weighted by Gasteiger charge is 2.18. The number of alkyl halides is 1. The quantitative estimate of drug-likeness (QED) is 0.764. The Bertz CT molecular complexity index is 655. The molecule has 0 aliphatic heterocycles. The van der Waals surface area contributed by atoms with Crippen LogP contribution in [0, 0.1) is 13.8 Å². The van der Waals surface area contributed by atoms with E-state index in [0.29, 0.717) is 36.6 Å². The zero-order chi connectivity index (χ0) is 16.8. The fourth-order valence-corrected chi connectivity index (χ4v) is 2.74. The molecule has 0 saturated heterocycles. The van der Waals surface area contributed by atoms with Gasteiger partial charge in [0.2, 0.25) is 0 Å². The van der Waals surface area contributed by atoms with Gasteiger partial charge in [-0.05, 0) is 25.8 Å². The third-order valence-corrected chi connectivity index (χ3v) is 3.96. The fraction of sp³-hybridized carbons (Fsp3) is 0.412. The molecule has 0 aliphatic rings. The van der Waals surface area contributed by atoms with Gasteiger partial charge in [-0.3, -0.25) is 9.48 Å². The van der Waals surface area contributed by atoms with Gasteiger partial charge in [0.25, 0.3) is 5.91 Å². The SMILES string of the molecule is Cc1nn(CCCl)c(C)c1C(=O)NCCC(O)c1ccccc1. The van der Waals surface area contributed by atoms with Gasteiger partial charge < -0.3 is 10.4 Å². The molecule has 1 amide bonds. The van der Waals surface area contributed by atoms with Gasteiger partial charge in [0.1, 0.15) is 0 Å². The number of halogens is 1. The smallest absolute Gasteiger partial charge is 0.255 e. The van der Waals surface area contributed by atoms with Crippen molar-refractivity contribution in [1.82, 2.24) is 15.1 Å². The number of carbonyl (C=O) groups excluding carboxylic acids is 1. The molecular formula is C17H22ClN3O2. The minimum absolute atomic E-state index is 0.166. The van der Waals surface area contributed by atoms with E-state index in [1.54, 1.807) is 4.68 Å². The van der Waals surface area contributed by atoms with Gasteiger partial charge in [0, 0.05) is 18.1 Å². The Morgan fingerprint density at radius 3 is 2.70 bits per heavy atom. The number of amides is 1. The van der Waals surface area contributed by atoms with Crippen LogP contribution in [0.4, 0.5) is 0 Å². The molecule has 2 N–H and O–H groups in total. The molecule has 0 fully saturated rings. The van der Waals surface area contributed by atoms with Crippen LogP contribution in [0.3, 0.4) is 0 Å². The zero-order valence-electron chi connectivity index (χ0n) is 13.4. The summed E-state index contributed by atoms with van der Waals surface area (Å²) in [5, 5.41) is 17.3. The van der Waals surface area contributed by atoms with E-state index in [0.717, 1.165) is 11.3 Å². The maximum absolute atomic E-state index is 12.3. The van der Waals surface area contributed by atoms with Gasteiger partial charge in [-0.25, -0.2) is 0 Å². The molecule has 1 aromatic heterocycles. The van der Waals surface area contributed by atoms with E-state index >= 15 is 0 Å². The predicted octanol–water partition coefficient (Wildman–Crippen LogP) is 2.59. The van der Waals surface area contributed by atoms with E-state index in [2.05, 4.69) is 10.4 Å². The van der Waals surface area contributed by atoms with Crippen molar-refractivity contribution in [3.63, 3.8) is 0 Å². The Balaban J connectivity index is 1.93. The van der Waals surface area contributed by atoms with E-state index in [1.807, 2.05) is 44.2 Å². The highest BCUT2D eigenvalue weighted by Crippen LogP contribution is 2.16. The topological polar surface area (TPSA) is 67.2 Å². The van der Waals surface area contributed by atoms with Crippen LogP contribution in [0.2, 0.25) is 0 Å². The number of hydrogen-bond acceptors (Lipinski definition) is 3. The summed E-state index contributed by atoms with van der Waals surface area (Å²) >= 11 is 5.74. The summed E-state index contributed by atoms with van der Waals surface area (Å²) in [5.74, 6) is 0.285. The second kappa shape index (κ2) is 8.13. The third kappa shape index (κ3) is 4.33. The fourth-order valence-electron chi connectivity index (χ4n) is 2.58. The summed E-state index contributed by atoms with van der Waals surface area (Å²) in [6.45, 7) is 4.65. The second-order valence-electron chi connectivity index (χ2n) is 5.43. The van der Waals surface area contributed by atoms with Crippen LogP contribution in [0.15, 0.2) is 30.3 Å². The highest BCUT2D eigenvalue weighted by molar-refractivity contribution is 6.17. The van der Waals surface area contributed by atoms with Crippen LogP contribution >= 0.6 is 11.6 Å². The van der Waals surface area contributed by atoms with Gasteiger partial charge in [-0.2, -0.15) is 5.10 Å². The molecule has 0 spiro atoms. The first-order chi connectivity index (χ1) is 11.0. The van der Waals surface area contributed by atoms with Crippen molar-refractivity contribution in [3.8, 4) is 0 Å². The molecule has 2 rings (SSSR count). The standard InChI is InChI=1S/C17H22ClN3O2/c1-12-16(13(2)21(20-12)11-9-18)17(23)19-10-8-15(22)14-6-4-3-5-7-14/h3-7,15,22H,8-11H2,1-2H3,(H,19,23). The van der Waals surface area contributed by atoms with E-state index < -0.39 is 6.10 Å². The molecule has 0 bridgehead atoms. The molecule has 0 saturated carbocycles. The Morgan fingerprint density at radius 2 is 2.04 bits per heavy atom. The number of nitrogens with one attached hydrogen (secondary N) is 1. The minimum atomic E-state index is -0.585. The highest BCUT2D eigenvalue weighted by atomic mass is 35.5. The summed E-state index contributed by atoms with van der Waals surface area (Å²) in [4.78, 5) is 12.3. The molecule has 1 heterocycles. The number of aliphatic hydroxyl groups is 1. The van der Waals surface area contributed by atoms with E-state index in [4.69, 9.17) is 11.6 Å². The first-order valence-electron chi connectivity index (χ1n) is 7.65. The van der Waals surface area contributed by atoms with Gasteiger partial charge >= 0.3 is 0 Å². The van der Waals surface area contributed by atoms with Crippen molar-refractivity contribution in [2.45, 2.75) is 32.9 Å². The average molecular weight is 336 g/mol. The minimum Gasteiger partial charge on any atom is -0.388 e. The van der Waals surface area contributed by atoms with Crippen molar-refractivity contribution < 1.29 is 9.90 Å². The van der Waals surface area contributed by atoms with Crippen LogP contribution in [-0.4, -0.2) is 33.2 Å². The predicted molar refractivity (Wildman–Crippen MR) is 90.8 cm³/mol. The molecular weight excluding hydrogens is 314 g/mol. The molecule has 1 aromatic carbocycles. The monoisotopic (exact) mass is 335 g/mol.